The Hall–Kier alpha value is -1.35. The summed E-state index contributed by atoms with van der Waals surface area (Å²) in [5.74, 6) is -0.235. The third-order valence-corrected chi connectivity index (χ3v) is 3.94. The fourth-order valence-electron chi connectivity index (χ4n) is 2.51. The van der Waals surface area contributed by atoms with Crippen molar-refractivity contribution in [3.05, 3.63) is 36.0 Å². The Kier molecular flexibility index (Phi) is 5.12. The lowest BCUT2D eigenvalue weighted by Crippen LogP contribution is -2.40. The van der Waals surface area contributed by atoms with Crippen LogP contribution in [0, 0.1) is 11.3 Å². The number of methoxy groups -OCH3 is 1. The minimum Gasteiger partial charge on any atom is -0.466 e. The van der Waals surface area contributed by atoms with Crippen LogP contribution in [-0.4, -0.2) is 24.3 Å². The molecule has 0 radical (unpaired) electrons. The molecule has 3 nitrogen and oxygen atoms in total. The van der Waals surface area contributed by atoms with Gasteiger partial charge in [-0.05, 0) is 25.3 Å². The van der Waals surface area contributed by atoms with Gasteiger partial charge in [0.05, 0.1) is 13.2 Å². The molecule has 0 spiro atoms. The van der Waals surface area contributed by atoms with Gasteiger partial charge in [-0.1, -0.05) is 38.2 Å². The molecule has 0 amide bonds. The predicted molar refractivity (Wildman–Crippen MR) is 76.6 cm³/mol. The van der Waals surface area contributed by atoms with Crippen LogP contribution < -0.4 is 0 Å². The molecule has 1 aliphatic rings. The van der Waals surface area contributed by atoms with Gasteiger partial charge >= 0.3 is 5.97 Å². The van der Waals surface area contributed by atoms with Gasteiger partial charge in [-0.25, -0.2) is 4.79 Å². The number of hydrogen-bond acceptors (Lipinski definition) is 3. The zero-order chi connectivity index (χ0) is 14.6. The highest BCUT2D eigenvalue weighted by atomic mass is 16.5. The van der Waals surface area contributed by atoms with Gasteiger partial charge < -0.3 is 9.84 Å². The van der Waals surface area contributed by atoms with E-state index in [1.54, 1.807) is 0 Å². The smallest absolute Gasteiger partial charge is 0.330 e. The van der Waals surface area contributed by atoms with Crippen molar-refractivity contribution in [2.45, 2.75) is 39.7 Å². The minimum absolute atomic E-state index is 0.122. The normalized spacial score (nSPS) is 27.6. The van der Waals surface area contributed by atoms with Gasteiger partial charge in [0.2, 0.25) is 0 Å². The van der Waals surface area contributed by atoms with Gasteiger partial charge in [0, 0.05) is 17.4 Å². The maximum Gasteiger partial charge on any atom is 0.330 e. The fourth-order valence-corrected chi connectivity index (χ4v) is 2.51. The maximum atomic E-state index is 11.1. The van der Waals surface area contributed by atoms with Crippen LogP contribution in [0.3, 0.4) is 0 Å². The molecule has 0 unspecified atom stereocenters. The average molecular weight is 264 g/mol. The molecule has 1 fully saturated rings. The van der Waals surface area contributed by atoms with E-state index in [9.17, 15) is 9.90 Å². The molecule has 106 valence electrons. The zero-order valence-corrected chi connectivity index (χ0v) is 12.3. The number of aliphatic hydroxyl groups excluding tert-OH is 1. The molecule has 0 aromatic rings. The van der Waals surface area contributed by atoms with E-state index in [1.807, 2.05) is 19.1 Å². The van der Waals surface area contributed by atoms with Crippen LogP contribution in [0.4, 0.5) is 0 Å². The number of allylic oxidation sites excluding steroid dienone is 4. The molecule has 19 heavy (non-hydrogen) atoms. The second kappa shape index (κ2) is 6.20. The summed E-state index contributed by atoms with van der Waals surface area (Å²) in [6.45, 7) is 10.1. The molecular formula is C16H24O3. The quantitative estimate of drug-likeness (QED) is 0.369. The van der Waals surface area contributed by atoms with Crippen LogP contribution in [0.25, 0.3) is 0 Å². The molecule has 0 heterocycles. The van der Waals surface area contributed by atoms with Crippen molar-refractivity contribution >= 4 is 5.97 Å². The number of aliphatic hydroxyl groups is 1. The highest BCUT2D eigenvalue weighted by Gasteiger charge is 2.39. The van der Waals surface area contributed by atoms with Crippen LogP contribution >= 0.6 is 0 Å². The summed E-state index contributed by atoms with van der Waals surface area (Å²) in [5, 5.41) is 10.1. The number of carbonyl (C=O) groups excluding carboxylic acids is 1. The molecule has 0 bridgehead atoms. The van der Waals surface area contributed by atoms with E-state index < -0.39 is 0 Å². The Bertz CT molecular complexity index is 416. The Morgan fingerprint density at radius 2 is 2.16 bits per heavy atom. The first-order valence-corrected chi connectivity index (χ1v) is 6.59. The predicted octanol–water partition coefficient (Wildman–Crippen LogP) is 3.02. The van der Waals surface area contributed by atoms with E-state index >= 15 is 0 Å². The first-order chi connectivity index (χ1) is 8.78. The van der Waals surface area contributed by atoms with E-state index in [4.69, 9.17) is 0 Å². The molecule has 0 aromatic heterocycles. The van der Waals surface area contributed by atoms with Crippen molar-refractivity contribution in [2.75, 3.05) is 7.11 Å². The van der Waals surface area contributed by atoms with Gasteiger partial charge in [-0.15, -0.1) is 0 Å². The molecule has 3 heteroatoms. The zero-order valence-electron chi connectivity index (χ0n) is 12.3. The van der Waals surface area contributed by atoms with E-state index in [1.165, 1.54) is 13.2 Å². The van der Waals surface area contributed by atoms with Gasteiger partial charge in [-0.3, -0.25) is 0 Å². The van der Waals surface area contributed by atoms with Crippen LogP contribution in [-0.2, 0) is 9.53 Å². The minimum atomic E-state index is -0.357. The van der Waals surface area contributed by atoms with Gasteiger partial charge in [0.15, 0.2) is 0 Å². The topological polar surface area (TPSA) is 46.5 Å². The number of carbonyl (C=O) groups is 1. The summed E-state index contributed by atoms with van der Waals surface area (Å²) in [5.41, 5.74) is 1.74. The summed E-state index contributed by atoms with van der Waals surface area (Å²) >= 11 is 0. The molecule has 0 aromatic carbocycles. The Morgan fingerprint density at radius 3 is 2.74 bits per heavy atom. The standard InChI is InChI=1S/C16H24O3/c1-11(10-15(18)19-5)6-8-13-12(2)7-9-14(17)16(13,3)4/h6,8,10,13-14,17H,2,7,9H2,1,3-5H3/b8-6+,11-10-/t13-,14-/m0/s1. The second-order valence-electron chi connectivity index (χ2n) is 5.78. The fraction of sp³-hybridized carbons (Fsp3) is 0.562. The van der Waals surface area contributed by atoms with Crippen LogP contribution in [0.2, 0.25) is 0 Å². The molecule has 1 aliphatic carbocycles. The number of hydrogen-bond donors (Lipinski definition) is 1. The van der Waals surface area contributed by atoms with E-state index in [-0.39, 0.29) is 23.4 Å². The molecule has 2 atom stereocenters. The first-order valence-electron chi connectivity index (χ1n) is 6.59. The molecule has 0 saturated heterocycles. The lowest BCUT2D eigenvalue weighted by molar-refractivity contribution is -0.134. The number of ether oxygens (including phenoxy) is 1. The van der Waals surface area contributed by atoms with Crippen molar-refractivity contribution in [1.29, 1.82) is 0 Å². The third-order valence-electron chi connectivity index (χ3n) is 3.94. The summed E-state index contributed by atoms with van der Waals surface area (Å²) in [6.07, 6.45) is 6.67. The van der Waals surface area contributed by atoms with Crippen molar-refractivity contribution in [1.82, 2.24) is 0 Å². The van der Waals surface area contributed by atoms with Crippen LogP contribution in [0.1, 0.15) is 33.6 Å². The SMILES string of the molecule is C=C1CC[C@H](O)C(C)(C)[C@H]1/C=C/C(C)=C\C(=O)OC. The van der Waals surface area contributed by atoms with Crippen molar-refractivity contribution in [3.63, 3.8) is 0 Å². The molecule has 1 N–H and O–H groups in total. The first kappa shape index (κ1) is 15.7. The van der Waals surface area contributed by atoms with Gasteiger partial charge in [0.1, 0.15) is 0 Å². The monoisotopic (exact) mass is 264 g/mol. The van der Waals surface area contributed by atoms with Gasteiger partial charge in [0.25, 0.3) is 0 Å². The summed E-state index contributed by atoms with van der Waals surface area (Å²) in [4.78, 5) is 11.1. The summed E-state index contributed by atoms with van der Waals surface area (Å²) in [6, 6.07) is 0. The average Bonchev–Trinajstić information content (AvgIpc) is 2.33. The summed E-state index contributed by atoms with van der Waals surface area (Å²) < 4.78 is 4.59. The number of esters is 1. The molecule has 1 rings (SSSR count). The third kappa shape index (κ3) is 3.80. The Morgan fingerprint density at radius 1 is 1.53 bits per heavy atom. The van der Waals surface area contributed by atoms with E-state index in [0.29, 0.717) is 0 Å². The van der Waals surface area contributed by atoms with E-state index in [0.717, 1.165) is 24.0 Å². The molecule has 1 saturated carbocycles. The highest BCUT2D eigenvalue weighted by Crippen LogP contribution is 2.44. The van der Waals surface area contributed by atoms with Gasteiger partial charge in [-0.2, -0.15) is 0 Å². The lowest BCUT2D eigenvalue weighted by atomic mass is 9.65. The Balaban J connectivity index is 2.86. The molecule has 0 aliphatic heterocycles. The van der Waals surface area contributed by atoms with Crippen LogP contribution in [0.5, 0.6) is 0 Å². The summed E-state index contributed by atoms with van der Waals surface area (Å²) in [7, 11) is 1.36. The van der Waals surface area contributed by atoms with E-state index in [2.05, 4.69) is 25.2 Å². The highest BCUT2D eigenvalue weighted by molar-refractivity contribution is 5.83. The second-order valence-corrected chi connectivity index (χ2v) is 5.78. The lowest BCUT2D eigenvalue weighted by Gasteiger charge is -2.42. The van der Waals surface area contributed by atoms with Crippen molar-refractivity contribution in [2.24, 2.45) is 11.3 Å². The maximum absolute atomic E-state index is 11.1. The number of rotatable bonds is 3. The van der Waals surface area contributed by atoms with Crippen LogP contribution in [0.15, 0.2) is 36.0 Å². The Labute approximate surface area is 115 Å². The molecular weight excluding hydrogens is 240 g/mol. The largest absolute Gasteiger partial charge is 0.466 e. The van der Waals surface area contributed by atoms with Crippen molar-refractivity contribution in [3.8, 4) is 0 Å². The van der Waals surface area contributed by atoms with Crippen molar-refractivity contribution < 1.29 is 14.6 Å².